The number of nitrogens with one attached hydrogen (secondary N) is 2. The number of aromatic amines is 1. The Labute approximate surface area is 155 Å². The SMILES string of the molecule is Nc1c(Cl)c(Cl)[nH+]c(C(=O)N/N=C2\CC[C@H]3CCCC[C@H]3C2)c1Cl. The van der Waals surface area contributed by atoms with Crippen molar-refractivity contribution in [2.24, 2.45) is 16.9 Å². The molecule has 1 aromatic rings. The third kappa shape index (κ3) is 3.63. The van der Waals surface area contributed by atoms with E-state index in [1.165, 1.54) is 25.7 Å². The van der Waals surface area contributed by atoms with Crippen LogP contribution >= 0.6 is 34.8 Å². The molecule has 2 saturated carbocycles. The molecule has 0 aliphatic heterocycles. The molecular weight excluding hydrogens is 371 g/mol. The third-order valence-corrected chi connectivity index (χ3v) is 6.20. The minimum atomic E-state index is -0.483. The van der Waals surface area contributed by atoms with Crippen molar-refractivity contribution in [3.63, 3.8) is 0 Å². The van der Waals surface area contributed by atoms with Gasteiger partial charge in [-0.15, -0.1) is 0 Å². The highest BCUT2D eigenvalue weighted by Gasteiger charge is 2.31. The van der Waals surface area contributed by atoms with E-state index in [4.69, 9.17) is 40.5 Å². The van der Waals surface area contributed by atoms with E-state index in [1.54, 1.807) is 0 Å². The summed E-state index contributed by atoms with van der Waals surface area (Å²) in [6, 6.07) is 0. The van der Waals surface area contributed by atoms with E-state index >= 15 is 0 Å². The van der Waals surface area contributed by atoms with Gasteiger partial charge in [-0.2, -0.15) is 10.1 Å². The number of nitrogens with zero attached hydrogens (tertiary/aromatic N) is 1. The van der Waals surface area contributed by atoms with Crippen LogP contribution in [0.2, 0.25) is 15.2 Å². The molecule has 0 saturated heterocycles. The molecule has 1 amide bonds. The highest BCUT2D eigenvalue weighted by molar-refractivity contribution is 6.45. The Kier molecular flexibility index (Phi) is 5.52. The molecule has 0 radical (unpaired) electrons. The van der Waals surface area contributed by atoms with E-state index in [0.29, 0.717) is 5.92 Å². The molecule has 0 unspecified atom stereocenters. The maximum absolute atomic E-state index is 12.3. The van der Waals surface area contributed by atoms with E-state index in [-0.39, 0.29) is 26.6 Å². The number of aromatic nitrogens is 1. The smallest absolute Gasteiger partial charge is 0.337 e. The first kappa shape index (κ1) is 17.8. The van der Waals surface area contributed by atoms with Gasteiger partial charge in [-0.05, 0) is 49.1 Å². The van der Waals surface area contributed by atoms with Gasteiger partial charge in [-0.3, -0.25) is 4.79 Å². The average Bonchev–Trinajstić information content (AvgIpc) is 2.60. The van der Waals surface area contributed by atoms with Crippen LogP contribution in [0.4, 0.5) is 5.69 Å². The van der Waals surface area contributed by atoms with Gasteiger partial charge in [0.1, 0.15) is 10.0 Å². The highest BCUT2D eigenvalue weighted by Crippen LogP contribution is 2.39. The first-order valence-electron chi connectivity index (χ1n) is 8.18. The first-order valence-corrected chi connectivity index (χ1v) is 9.31. The summed E-state index contributed by atoms with van der Waals surface area (Å²) in [6.45, 7) is 0. The van der Waals surface area contributed by atoms with Crippen molar-refractivity contribution in [1.29, 1.82) is 0 Å². The summed E-state index contributed by atoms with van der Waals surface area (Å²) >= 11 is 17.9. The Hall–Kier alpha value is -1.04. The van der Waals surface area contributed by atoms with Gasteiger partial charge in [-0.1, -0.05) is 42.5 Å². The number of H-pyrrole nitrogens is 1. The fourth-order valence-corrected chi connectivity index (χ4v) is 4.32. The predicted octanol–water partition coefficient (Wildman–Crippen LogP) is 4.12. The summed E-state index contributed by atoms with van der Waals surface area (Å²) in [5, 5.41) is 4.50. The highest BCUT2D eigenvalue weighted by atomic mass is 35.5. The van der Waals surface area contributed by atoms with Crippen LogP contribution in [0.15, 0.2) is 5.10 Å². The maximum atomic E-state index is 12.3. The molecule has 3 rings (SSSR count). The molecule has 4 N–H and O–H groups in total. The van der Waals surface area contributed by atoms with Crippen LogP contribution < -0.4 is 16.1 Å². The van der Waals surface area contributed by atoms with Crippen LogP contribution in [0.25, 0.3) is 0 Å². The minimum Gasteiger partial charge on any atom is -0.396 e. The van der Waals surface area contributed by atoms with E-state index in [0.717, 1.165) is 30.9 Å². The summed E-state index contributed by atoms with van der Waals surface area (Å²) in [5.74, 6) is 1.05. The lowest BCUT2D eigenvalue weighted by Gasteiger charge is -2.35. The Morgan fingerprint density at radius 1 is 1.12 bits per heavy atom. The van der Waals surface area contributed by atoms with Gasteiger partial charge in [0.25, 0.3) is 10.8 Å². The first-order chi connectivity index (χ1) is 11.5. The number of rotatable bonds is 2. The van der Waals surface area contributed by atoms with Gasteiger partial charge in [0.2, 0.25) is 0 Å². The van der Waals surface area contributed by atoms with Gasteiger partial charge >= 0.3 is 5.91 Å². The molecule has 1 aromatic heterocycles. The monoisotopic (exact) mass is 389 g/mol. The minimum absolute atomic E-state index is 0.0399. The lowest BCUT2D eigenvalue weighted by molar-refractivity contribution is -0.379. The number of hydrogen-bond donors (Lipinski definition) is 2. The number of nitrogens with two attached hydrogens (primary N) is 1. The molecule has 5 nitrogen and oxygen atoms in total. The van der Waals surface area contributed by atoms with Crippen LogP contribution in [0, 0.1) is 11.8 Å². The fraction of sp³-hybridized carbons (Fsp3) is 0.562. The molecule has 2 aliphatic carbocycles. The van der Waals surface area contributed by atoms with Gasteiger partial charge in [0.15, 0.2) is 0 Å². The fourth-order valence-electron chi connectivity index (χ4n) is 3.70. The van der Waals surface area contributed by atoms with Crippen molar-refractivity contribution in [3.05, 3.63) is 20.9 Å². The van der Waals surface area contributed by atoms with Crippen LogP contribution in [-0.2, 0) is 0 Å². The van der Waals surface area contributed by atoms with Crippen molar-refractivity contribution in [2.75, 3.05) is 5.73 Å². The topological polar surface area (TPSA) is 81.6 Å². The Morgan fingerprint density at radius 2 is 1.83 bits per heavy atom. The lowest BCUT2D eigenvalue weighted by atomic mass is 9.70. The molecule has 0 bridgehead atoms. The summed E-state index contributed by atoms with van der Waals surface area (Å²) in [4.78, 5) is 15.0. The number of amides is 1. The third-order valence-electron chi connectivity index (χ3n) is 5.03. The molecule has 1 heterocycles. The quantitative estimate of drug-likeness (QED) is 0.588. The molecule has 24 heavy (non-hydrogen) atoms. The molecule has 130 valence electrons. The van der Waals surface area contributed by atoms with Crippen LogP contribution in [0.3, 0.4) is 0 Å². The number of anilines is 1. The van der Waals surface area contributed by atoms with Crippen LogP contribution in [0.1, 0.15) is 55.4 Å². The van der Waals surface area contributed by atoms with Crippen molar-refractivity contribution in [1.82, 2.24) is 5.43 Å². The Morgan fingerprint density at radius 3 is 2.58 bits per heavy atom. The zero-order valence-corrected chi connectivity index (χ0v) is 15.4. The van der Waals surface area contributed by atoms with Crippen molar-refractivity contribution >= 4 is 52.1 Å². The number of hydrogen-bond acceptors (Lipinski definition) is 3. The van der Waals surface area contributed by atoms with E-state index in [1.807, 2.05) is 0 Å². The van der Waals surface area contributed by atoms with Crippen LogP contribution in [-0.4, -0.2) is 11.6 Å². The normalized spacial score (nSPS) is 25.4. The molecular formula is C16H20Cl3N4O+. The number of fused-ring (bicyclic) bond motifs is 1. The summed E-state index contributed by atoms with van der Waals surface area (Å²) in [6.07, 6.45) is 8.30. The van der Waals surface area contributed by atoms with Crippen molar-refractivity contribution < 1.29 is 9.78 Å². The van der Waals surface area contributed by atoms with E-state index in [9.17, 15) is 4.79 Å². The summed E-state index contributed by atoms with van der Waals surface area (Å²) in [7, 11) is 0. The second-order valence-corrected chi connectivity index (χ2v) is 7.66. The molecule has 0 spiro atoms. The second kappa shape index (κ2) is 7.46. The number of hydrazone groups is 1. The number of carbonyl (C=O) groups excluding carboxylic acids is 1. The van der Waals surface area contributed by atoms with Gasteiger partial charge < -0.3 is 5.73 Å². The predicted molar refractivity (Wildman–Crippen MR) is 96.6 cm³/mol. The van der Waals surface area contributed by atoms with Crippen molar-refractivity contribution in [2.45, 2.75) is 44.9 Å². The standard InChI is InChI=1S/C16H19Cl3N4O/c17-11-13(20)12(18)15(19)21-14(11)16(24)23-22-10-6-5-8-3-1-2-4-9(8)7-10/h8-9H,1-7H2,(H2,20,21)(H,23,24)/p+1/b22-10+/t8-,9+/m1/s1. The molecule has 2 aliphatic rings. The Bertz CT molecular complexity index is 692. The van der Waals surface area contributed by atoms with E-state index in [2.05, 4.69) is 15.5 Å². The van der Waals surface area contributed by atoms with Gasteiger partial charge in [0.05, 0.1) is 5.69 Å². The summed E-state index contributed by atoms with van der Waals surface area (Å²) in [5.41, 5.74) is 9.47. The molecule has 8 heteroatoms. The molecule has 2 fully saturated rings. The number of pyridine rings is 1. The molecule has 0 aromatic carbocycles. The lowest BCUT2D eigenvalue weighted by Crippen LogP contribution is -2.32. The van der Waals surface area contributed by atoms with Crippen molar-refractivity contribution in [3.8, 4) is 0 Å². The average molecular weight is 391 g/mol. The zero-order chi connectivity index (χ0) is 17.3. The molecule has 2 atom stereocenters. The second-order valence-electron chi connectivity index (χ2n) is 6.52. The Balaban J connectivity index is 1.69. The zero-order valence-electron chi connectivity index (χ0n) is 13.2. The van der Waals surface area contributed by atoms with Gasteiger partial charge in [-0.25, -0.2) is 5.43 Å². The van der Waals surface area contributed by atoms with Gasteiger partial charge in [0, 0.05) is 5.71 Å². The van der Waals surface area contributed by atoms with E-state index < -0.39 is 5.91 Å². The number of carbonyl (C=O) groups is 1. The number of halogens is 3. The maximum Gasteiger partial charge on any atom is 0.337 e. The summed E-state index contributed by atoms with van der Waals surface area (Å²) < 4.78 is 0. The number of nitrogen functional groups attached to an aromatic ring is 1. The van der Waals surface area contributed by atoms with Crippen LogP contribution in [0.5, 0.6) is 0 Å². The largest absolute Gasteiger partial charge is 0.396 e.